The molecule has 0 spiro atoms. The highest BCUT2D eigenvalue weighted by molar-refractivity contribution is 5.74. The molecule has 25 heavy (non-hydrogen) atoms. The Balaban J connectivity index is 1.66. The zero-order valence-electron chi connectivity index (χ0n) is 12.7. The Morgan fingerprint density at radius 3 is 2.32 bits per heavy atom. The van der Waals surface area contributed by atoms with Crippen molar-refractivity contribution in [1.29, 1.82) is 0 Å². The van der Waals surface area contributed by atoms with Gasteiger partial charge in [-0.25, -0.2) is 0 Å². The van der Waals surface area contributed by atoms with Crippen LogP contribution in [0.4, 0.5) is 13.2 Å². The van der Waals surface area contributed by atoms with Crippen LogP contribution in [0.3, 0.4) is 0 Å². The highest BCUT2D eigenvalue weighted by Gasteiger charge is 2.30. The molecule has 0 bridgehead atoms. The molecule has 0 unspecified atom stereocenters. The molecule has 128 valence electrons. The van der Waals surface area contributed by atoms with Gasteiger partial charge in [0.25, 0.3) is 5.89 Å². The standard InChI is InChI=1S/C17H11F3N2O3/c18-17(19,20)13-5-3-12(4-6-13)16-21-15(25-22-16)10-24-14-7-1-11(9-23)2-8-14/h1-9H,10H2. The molecule has 1 aromatic heterocycles. The summed E-state index contributed by atoms with van der Waals surface area (Å²) in [6.07, 6.45) is -3.67. The number of ether oxygens (including phenoxy) is 1. The second kappa shape index (κ2) is 6.76. The summed E-state index contributed by atoms with van der Waals surface area (Å²) >= 11 is 0. The van der Waals surface area contributed by atoms with E-state index >= 15 is 0 Å². The molecule has 5 nitrogen and oxygen atoms in total. The average Bonchev–Trinajstić information content (AvgIpc) is 3.09. The van der Waals surface area contributed by atoms with Gasteiger partial charge in [0.15, 0.2) is 6.61 Å². The lowest BCUT2D eigenvalue weighted by Gasteiger charge is -2.05. The Bertz CT molecular complexity index is 856. The molecule has 0 saturated heterocycles. The van der Waals surface area contributed by atoms with E-state index in [2.05, 4.69) is 10.1 Å². The maximum Gasteiger partial charge on any atom is 0.416 e. The van der Waals surface area contributed by atoms with Crippen molar-refractivity contribution in [3.63, 3.8) is 0 Å². The molecule has 0 saturated carbocycles. The van der Waals surface area contributed by atoms with Gasteiger partial charge in [-0.2, -0.15) is 18.2 Å². The summed E-state index contributed by atoms with van der Waals surface area (Å²) in [5.74, 6) is 0.859. The zero-order valence-corrected chi connectivity index (χ0v) is 12.7. The smallest absolute Gasteiger partial charge is 0.416 e. The maximum atomic E-state index is 12.5. The summed E-state index contributed by atoms with van der Waals surface area (Å²) in [7, 11) is 0. The third-order valence-electron chi connectivity index (χ3n) is 3.32. The molecule has 0 N–H and O–H groups in total. The lowest BCUT2D eigenvalue weighted by molar-refractivity contribution is -0.137. The molecular formula is C17H11F3N2O3. The second-order valence-corrected chi connectivity index (χ2v) is 5.06. The number of hydrogen-bond donors (Lipinski definition) is 0. The predicted octanol–water partition coefficient (Wildman–Crippen LogP) is 4.15. The van der Waals surface area contributed by atoms with Crippen molar-refractivity contribution in [2.24, 2.45) is 0 Å². The maximum absolute atomic E-state index is 12.5. The fourth-order valence-electron chi connectivity index (χ4n) is 2.03. The van der Waals surface area contributed by atoms with Crippen LogP contribution in [0.1, 0.15) is 21.8 Å². The summed E-state index contributed by atoms with van der Waals surface area (Å²) in [6.45, 7) is -0.00588. The van der Waals surface area contributed by atoms with Gasteiger partial charge < -0.3 is 9.26 Å². The average molecular weight is 348 g/mol. The monoisotopic (exact) mass is 348 g/mol. The number of rotatable bonds is 5. The number of halogens is 3. The molecule has 0 aliphatic heterocycles. The molecule has 2 aromatic carbocycles. The van der Waals surface area contributed by atoms with Gasteiger partial charge in [-0.15, -0.1) is 0 Å². The lowest BCUT2D eigenvalue weighted by Crippen LogP contribution is -2.04. The first-order valence-electron chi connectivity index (χ1n) is 7.14. The van der Waals surface area contributed by atoms with Crippen LogP contribution in [-0.2, 0) is 12.8 Å². The van der Waals surface area contributed by atoms with Gasteiger partial charge in [0.1, 0.15) is 12.0 Å². The fourth-order valence-corrected chi connectivity index (χ4v) is 2.03. The minimum absolute atomic E-state index is 0.00588. The normalized spacial score (nSPS) is 11.3. The van der Waals surface area contributed by atoms with E-state index in [-0.39, 0.29) is 18.3 Å². The van der Waals surface area contributed by atoms with Crippen molar-refractivity contribution in [3.05, 3.63) is 65.5 Å². The first-order valence-corrected chi connectivity index (χ1v) is 7.14. The Kier molecular flexibility index (Phi) is 4.51. The zero-order chi connectivity index (χ0) is 17.9. The molecule has 0 atom stereocenters. The van der Waals surface area contributed by atoms with E-state index in [9.17, 15) is 18.0 Å². The van der Waals surface area contributed by atoms with Gasteiger partial charge in [-0.3, -0.25) is 4.79 Å². The number of alkyl halides is 3. The summed E-state index contributed by atoms with van der Waals surface area (Å²) < 4.78 is 48.1. The summed E-state index contributed by atoms with van der Waals surface area (Å²) in [5.41, 5.74) is 0.176. The van der Waals surface area contributed by atoms with E-state index in [1.54, 1.807) is 24.3 Å². The number of aromatic nitrogens is 2. The first kappa shape index (κ1) is 16.7. The Morgan fingerprint density at radius 1 is 1.04 bits per heavy atom. The van der Waals surface area contributed by atoms with Crippen molar-refractivity contribution in [1.82, 2.24) is 10.1 Å². The molecule has 8 heteroatoms. The minimum Gasteiger partial charge on any atom is -0.484 e. The van der Waals surface area contributed by atoms with Crippen LogP contribution in [0, 0.1) is 0 Å². The topological polar surface area (TPSA) is 65.2 Å². The van der Waals surface area contributed by atoms with Crippen LogP contribution >= 0.6 is 0 Å². The number of carbonyl (C=O) groups excluding carboxylic acids is 1. The second-order valence-electron chi connectivity index (χ2n) is 5.06. The van der Waals surface area contributed by atoms with E-state index in [1.807, 2.05) is 0 Å². The number of aldehydes is 1. The Hall–Kier alpha value is -3.16. The Morgan fingerprint density at radius 2 is 1.72 bits per heavy atom. The van der Waals surface area contributed by atoms with Gasteiger partial charge in [-0.1, -0.05) is 17.3 Å². The minimum atomic E-state index is -4.39. The highest BCUT2D eigenvalue weighted by atomic mass is 19.4. The van der Waals surface area contributed by atoms with Gasteiger partial charge in [0.2, 0.25) is 5.82 Å². The lowest BCUT2D eigenvalue weighted by atomic mass is 10.1. The van der Waals surface area contributed by atoms with Crippen molar-refractivity contribution in [2.45, 2.75) is 12.8 Å². The fraction of sp³-hybridized carbons (Fsp3) is 0.118. The molecule has 0 amide bonds. The quantitative estimate of drug-likeness (QED) is 0.648. The van der Waals surface area contributed by atoms with Crippen molar-refractivity contribution in [2.75, 3.05) is 0 Å². The SMILES string of the molecule is O=Cc1ccc(OCc2nc(-c3ccc(C(F)(F)F)cc3)no2)cc1. The number of benzene rings is 2. The highest BCUT2D eigenvalue weighted by Crippen LogP contribution is 2.30. The van der Waals surface area contributed by atoms with Gasteiger partial charge >= 0.3 is 6.18 Å². The van der Waals surface area contributed by atoms with Crippen LogP contribution in [-0.4, -0.2) is 16.4 Å². The van der Waals surface area contributed by atoms with Gasteiger partial charge in [-0.05, 0) is 36.4 Å². The van der Waals surface area contributed by atoms with E-state index < -0.39 is 11.7 Å². The number of nitrogens with zero attached hydrogens (tertiary/aromatic N) is 2. The van der Waals surface area contributed by atoms with Crippen molar-refractivity contribution in [3.8, 4) is 17.1 Å². The molecule has 0 aliphatic rings. The van der Waals surface area contributed by atoms with E-state index in [0.29, 0.717) is 16.9 Å². The molecule has 3 aromatic rings. The third kappa shape index (κ3) is 4.03. The first-order chi connectivity index (χ1) is 12.0. The molecule has 0 fully saturated rings. The largest absolute Gasteiger partial charge is 0.484 e. The predicted molar refractivity (Wildman–Crippen MR) is 80.9 cm³/mol. The Labute approximate surface area is 140 Å². The number of carbonyl (C=O) groups is 1. The van der Waals surface area contributed by atoms with Crippen molar-refractivity contribution >= 4 is 6.29 Å². The summed E-state index contributed by atoms with van der Waals surface area (Å²) in [6, 6.07) is 10.9. The van der Waals surface area contributed by atoms with Crippen LogP contribution in [0.2, 0.25) is 0 Å². The van der Waals surface area contributed by atoms with Crippen LogP contribution in [0.25, 0.3) is 11.4 Å². The van der Waals surface area contributed by atoms with Crippen LogP contribution in [0.5, 0.6) is 5.75 Å². The molecule has 3 rings (SSSR count). The molecule has 1 heterocycles. The van der Waals surface area contributed by atoms with Crippen molar-refractivity contribution < 1.29 is 27.2 Å². The summed E-state index contributed by atoms with van der Waals surface area (Å²) in [5, 5.41) is 3.72. The molecular weight excluding hydrogens is 337 g/mol. The van der Waals surface area contributed by atoms with Crippen LogP contribution < -0.4 is 4.74 Å². The van der Waals surface area contributed by atoms with Crippen LogP contribution in [0.15, 0.2) is 53.1 Å². The molecule has 0 aliphatic carbocycles. The van der Waals surface area contributed by atoms with Gasteiger partial charge in [0, 0.05) is 11.1 Å². The van der Waals surface area contributed by atoms with E-state index in [4.69, 9.17) is 9.26 Å². The van der Waals surface area contributed by atoms with Gasteiger partial charge in [0.05, 0.1) is 5.56 Å². The number of hydrogen-bond acceptors (Lipinski definition) is 5. The van der Waals surface area contributed by atoms with E-state index in [0.717, 1.165) is 18.4 Å². The summed E-state index contributed by atoms with van der Waals surface area (Å²) in [4.78, 5) is 14.7. The molecule has 0 radical (unpaired) electrons. The third-order valence-corrected chi connectivity index (χ3v) is 3.32. The van der Waals surface area contributed by atoms with E-state index in [1.165, 1.54) is 12.1 Å².